The molecule has 2 heterocycles. The number of piperidine rings is 1. The largest absolute Gasteiger partial charge is 0.478 e. The molecular formula is C16H23NO3S. The van der Waals surface area contributed by atoms with Crippen molar-refractivity contribution in [2.24, 2.45) is 0 Å². The predicted molar refractivity (Wildman–Crippen MR) is 85.5 cm³/mol. The highest BCUT2D eigenvalue weighted by Gasteiger charge is 2.21. The van der Waals surface area contributed by atoms with Crippen LogP contribution in [-0.2, 0) is 16.1 Å². The van der Waals surface area contributed by atoms with E-state index < -0.39 is 5.97 Å². The van der Waals surface area contributed by atoms with Crippen LogP contribution < -0.4 is 0 Å². The number of rotatable bonds is 7. The predicted octanol–water partition coefficient (Wildman–Crippen LogP) is 3.24. The zero-order valence-corrected chi connectivity index (χ0v) is 13.3. The fourth-order valence-electron chi connectivity index (χ4n) is 2.57. The number of likely N-dealkylation sites (tertiary alicyclic amines) is 1. The van der Waals surface area contributed by atoms with Crippen molar-refractivity contribution in [2.45, 2.75) is 38.8 Å². The fraction of sp³-hybridized carbons (Fsp3) is 0.562. The quantitative estimate of drug-likeness (QED) is 0.786. The van der Waals surface area contributed by atoms with Crippen LogP contribution in [0.3, 0.4) is 0 Å². The molecule has 0 radical (unpaired) electrons. The summed E-state index contributed by atoms with van der Waals surface area (Å²) < 4.78 is 5.86. The molecule has 1 fully saturated rings. The standard InChI is InChI=1S/C16H23NO3S/c1-2-9-20-14-4-3-8-17(11-14)12-15-13(7-10-21-15)5-6-16(18)19/h5-7,10,14H,2-4,8-9,11-12H2,1H3,(H,18,19). The molecular weight excluding hydrogens is 286 g/mol. The average Bonchev–Trinajstić information content (AvgIpc) is 2.90. The summed E-state index contributed by atoms with van der Waals surface area (Å²) in [5.74, 6) is -0.904. The van der Waals surface area contributed by atoms with Crippen molar-refractivity contribution in [3.05, 3.63) is 28.0 Å². The van der Waals surface area contributed by atoms with E-state index in [-0.39, 0.29) is 0 Å². The van der Waals surface area contributed by atoms with E-state index in [1.807, 2.05) is 11.4 Å². The summed E-state index contributed by atoms with van der Waals surface area (Å²) in [4.78, 5) is 14.3. The number of ether oxygens (including phenoxy) is 1. The number of thiophene rings is 1. The van der Waals surface area contributed by atoms with Crippen LogP contribution in [0.25, 0.3) is 6.08 Å². The maximum atomic E-state index is 10.6. The van der Waals surface area contributed by atoms with E-state index in [9.17, 15) is 4.79 Å². The normalized spacial score (nSPS) is 20.1. The first-order valence-electron chi connectivity index (χ1n) is 7.50. The van der Waals surface area contributed by atoms with Crippen molar-refractivity contribution in [3.63, 3.8) is 0 Å². The van der Waals surface area contributed by atoms with Crippen LogP contribution in [0.2, 0.25) is 0 Å². The van der Waals surface area contributed by atoms with E-state index in [4.69, 9.17) is 9.84 Å². The van der Waals surface area contributed by atoms with E-state index in [2.05, 4.69) is 11.8 Å². The zero-order valence-electron chi connectivity index (χ0n) is 12.5. The van der Waals surface area contributed by atoms with E-state index in [1.54, 1.807) is 17.4 Å². The van der Waals surface area contributed by atoms with Gasteiger partial charge in [-0.3, -0.25) is 4.90 Å². The third-order valence-corrected chi connectivity index (χ3v) is 4.49. The van der Waals surface area contributed by atoms with Gasteiger partial charge in [-0.05, 0) is 48.9 Å². The molecule has 1 atom stereocenters. The average molecular weight is 309 g/mol. The minimum Gasteiger partial charge on any atom is -0.478 e. The second-order valence-corrected chi connectivity index (χ2v) is 6.34. The molecule has 1 saturated heterocycles. The molecule has 0 saturated carbocycles. The van der Waals surface area contributed by atoms with Crippen LogP contribution in [0.5, 0.6) is 0 Å². The molecule has 0 aromatic carbocycles. The Labute approximate surface area is 130 Å². The Kier molecular flexibility index (Phi) is 6.42. The molecule has 0 spiro atoms. The lowest BCUT2D eigenvalue weighted by Gasteiger charge is -2.32. The van der Waals surface area contributed by atoms with Gasteiger partial charge in [0.1, 0.15) is 0 Å². The van der Waals surface area contributed by atoms with Crippen LogP contribution in [0, 0.1) is 0 Å². The summed E-state index contributed by atoms with van der Waals surface area (Å²) in [5, 5.41) is 10.8. The van der Waals surface area contributed by atoms with Gasteiger partial charge in [0.25, 0.3) is 0 Å². The molecule has 1 aromatic heterocycles. The highest BCUT2D eigenvalue weighted by molar-refractivity contribution is 7.10. The third-order valence-electron chi connectivity index (χ3n) is 3.57. The van der Waals surface area contributed by atoms with Gasteiger partial charge in [0.05, 0.1) is 6.10 Å². The highest BCUT2D eigenvalue weighted by atomic mass is 32.1. The number of hydrogen-bond acceptors (Lipinski definition) is 4. The Balaban J connectivity index is 1.92. The van der Waals surface area contributed by atoms with E-state index in [1.165, 1.54) is 17.4 Å². The van der Waals surface area contributed by atoms with Gasteiger partial charge >= 0.3 is 5.97 Å². The number of hydrogen-bond donors (Lipinski definition) is 1. The van der Waals surface area contributed by atoms with Crippen molar-refractivity contribution in [2.75, 3.05) is 19.7 Å². The van der Waals surface area contributed by atoms with Gasteiger partial charge in [-0.25, -0.2) is 4.79 Å². The first kappa shape index (κ1) is 16.2. The Morgan fingerprint density at radius 2 is 2.48 bits per heavy atom. The molecule has 5 heteroatoms. The molecule has 1 unspecified atom stereocenters. The van der Waals surface area contributed by atoms with Crippen LogP contribution >= 0.6 is 11.3 Å². The second-order valence-electron chi connectivity index (χ2n) is 5.34. The number of aliphatic carboxylic acids is 1. The molecule has 21 heavy (non-hydrogen) atoms. The maximum absolute atomic E-state index is 10.6. The smallest absolute Gasteiger partial charge is 0.328 e. The summed E-state index contributed by atoms with van der Waals surface area (Å²) in [6.07, 6.45) is 6.60. The summed E-state index contributed by atoms with van der Waals surface area (Å²) in [7, 11) is 0. The SMILES string of the molecule is CCCOC1CCCN(Cc2sccc2C=CC(=O)O)C1. The molecule has 2 rings (SSSR count). The molecule has 0 amide bonds. The fourth-order valence-corrected chi connectivity index (χ4v) is 3.48. The summed E-state index contributed by atoms with van der Waals surface area (Å²) in [5.41, 5.74) is 1.01. The molecule has 0 bridgehead atoms. The lowest BCUT2D eigenvalue weighted by molar-refractivity contribution is -0.131. The summed E-state index contributed by atoms with van der Waals surface area (Å²) in [6.45, 7) is 5.91. The maximum Gasteiger partial charge on any atom is 0.328 e. The molecule has 1 N–H and O–H groups in total. The number of carbonyl (C=O) groups is 1. The van der Waals surface area contributed by atoms with Crippen LogP contribution in [0.15, 0.2) is 17.5 Å². The molecule has 1 aliphatic rings. The van der Waals surface area contributed by atoms with E-state index in [0.29, 0.717) is 6.10 Å². The van der Waals surface area contributed by atoms with Crippen LogP contribution in [0.4, 0.5) is 0 Å². The van der Waals surface area contributed by atoms with Crippen LogP contribution in [-0.4, -0.2) is 41.8 Å². The zero-order chi connectivity index (χ0) is 15.1. The number of carboxylic acids is 1. The first-order chi connectivity index (χ1) is 10.2. The summed E-state index contributed by atoms with van der Waals surface area (Å²) in [6, 6.07) is 1.98. The number of carboxylic acid groups (broad SMARTS) is 1. The Hall–Kier alpha value is -1.17. The van der Waals surface area contributed by atoms with Gasteiger partial charge in [0.2, 0.25) is 0 Å². The third kappa shape index (κ3) is 5.26. The van der Waals surface area contributed by atoms with Gasteiger partial charge < -0.3 is 9.84 Å². The molecule has 0 aliphatic carbocycles. The molecule has 1 aromatic rings. The van der Waals surface area contributed by atoms with Gasteiger partial charge in [-0.2, -0.15) is 0 Å². The van der Waals surface area contributed by atoms with Crippen LogP contribution in [0.1, 0.15) is 36.6 Å². The van der Waals surface area contributed by atoms with Gasteiger partial charge in [-0.15, -0.1) is 11.3 Å². The van der Waals surface area contributed by atoms with Crippen molar-refractivity contribution in [1.29, 1.82) is 0 Å². The Morgan fingerprint density at radius 3 is 3.24 bits per heavy atom. The number of nitrogens with zero attached hydrogens (tertiary/aromatic N) is 1. The molecule has 4 nitrogen and oxygen atoms in total. The topological polar surface area (TPSA) is 49.8 Å². The van der Waals surface area contributed by atoms with E-state index in [0.717, 1.165) is 44.6 Å². The minimum absolute atomic E-state index is 0.344. The van der Waals surface area contributed by atoms with Crippen molar-refractivity contribution in [3.8, 4) is 0 Å². The monoisotopic (exact) mass is 309 g/mol. The lowest BCUT2D eigenvalue weighted by Crippen LogP contribution is -2.39. The van der Waals surface area contributed by atoms with E-state index >= 15 is 0 Å². The first-order valence-corrected chi connectivity index (χ1v) is 8.38. The van der Waals surface area contributed by atoms with Crippen molar-refractivity contribution >= 4 is 23.4 Å². The van der Waals surface area contributed by atoms with Gasteiger partial charge in [-0.1, -0.05) is 6.92 Å². The Bertz CT molecular complexity index is 484. The van der Waals surface area contributed by atoms with Gasteiger partial charge in [0, 0.05) is 30.6 Å². The second kappa shape index (κ2) is 8.32. The van der Waals surface area contributed by atoms with Gasteiger partial charge in [0.15, 0.2) is 0 Å². The lowest BCUT2D eigenvalue weighted by atomic mass is 10.1. The summed E-state index contributed by atoms with van der Waals surface area (Å²) >= 11 is 1.69. The van der Waals surface area contributed by atoms with Crippen molar-refractivity contribution < 1.29 is 14.6 Å². The Morgan fingerprint density at radius 1 is 1.62 bits per heavy atom. The molecule has 1 aliphatic heterocycles. The van der Waals surface area contributed by atoms with Crippen molar-refractivity contribution in [1.82, 2.24) is 4.90 Å². The highest BCUT2D eigenvalue weighted by Crippen LogP contribution is 2.23. The minimum atomic E-state index is -0.904. The molecule has 116 valence electrons.